The lowest BCUT2D eigenvalue weighted by atomic mass is 9.79. The van der Waals surface area contributed by atoms with Gasteiger partial charge in [0.25, 0.3) is 0 Å². The molecule has 0 aromatic heterocycles. The summed E-state index contributed by atoms with van der Waals surface area (Å²) in [5, 5.41) is 7.65. The van der Waals surface area contributed by atoms with Crippen molar-refractivity contribution in [2.45, 2.75) is 5.92 Å². The summed E-state index contributed by atoms with van der Waals surface area (Å²) in [5.41, 5.74) is 6.30. The van der Waals surface area contributed by atoms with Crippen LogP contribution in [0.1, 0.15) is 11.5 Å². The fourth-order valence-corrected chi connectivity index (χ4v) is 3.16. The Kier molecular flexibility index (Phi) is 5.68. The van der Waals surface area contributed by atoms with Gasteiger partial charge >= 0.3 is 11.9 Å². The van der Waals surface area contributed by atoms with E-state index in [9.17, 15) is 9.59 Å². The molecule has 2 atom stereocenters. The number of halogens is 1. The molecule has 134 valence electrons. The number of carbonyl (C=O) groups excluding carboxylic acids is 2. The number of rotatable bonds is 5. The fraction of sp³-hybridized carbons (Fsp3) is 0.312. The van der Waals surface area contributed by atoms with Gasteiger partial charge in [-0.15, -0.1) is 0 Å². The second kappa shape index (κ2) is 7.56. The smallest absolute Gasteiger partial charge is 0.339 e. The summed E-state index contributed by atoms with van der Waals surface area (Å²) in [5.74, 6) is -3.08. The first-order chi connectivity index (χ1) is 11.9. The van der Waals surface area contributed by atoms with Gasteiger partial charge in [-0.05, 0) is 12.1 Å². The Morgan fingerprint density at radius 1 is 1.32 bits per heavy atom. The molecule has 8 nitrogen and oxygen atoms in total. The summed E-state index contributed by atoms with van der Waals surface area (Å²) in [4.78, 5) is 24.4. The first-order valence-corrected chi connectivity index (χ1v) is 7.90. The van der Waals surface area contributed by atoms with Gasteiger partial charge in [0.2, 0.25) is 5.88 Å². The number of carbonyl (C=O) groups is 2. The molecule has 0 fully saturated rings. The molecular weight excluding hydrogens is 396 g/mol. The monoisotopic (exact) mass is 412 g/mol. The standard InChI is InChI=1S/C16H17BrN2O6/c1-22-10-5-7(17)4-8-11(9(6-18)15(20)23-2)12(16(21)24-3)14(19)25-13(8)10/h4-6,9,11,18H,19H2,1-3H3. The third-order valence-electron chi connectivity index (χ3n) is 3.81. The van der Waals surface area contributed by atoms with Gasteiger partial charge in [-0.2, -0.15) is 0 Å². The maximum atomic E-state index is 12.3. The fourth-order valence-electron chi connectivity index (χ4n) is 2.70. The molecule has 2 unspecified atom stereocenters. The third kappa shape index (κ3) is 3.32. The SMILES string of the molecule is COC(=O)C1=C(N)Oc2c(OC)cc(Br)cc2C1C(C=N)C(=O)OC. The Morgan fingerprint density at radius 2 is 2.00 bits per heavy atom. The van der Waals surface area contributed by atoms with Crippen molar-refractivity contribution in [3.05, 3.63) is 33.6 Å². The van der Waals surface area contributed by atoms with Crippen LogP contribution in [0.2, 0.25) is 0 Å². The van der Waals surface area contributed by atoms with Gasteiger partial charge in [-0.3, -0.25) is 4.79 Å². The molecule has 9 heteroatoms. The van der Waals surface area contributed by atoms with E-state index in [2.05, 4.69) is 15.9 Å². The first-order valence-electron chi connectivity index (χ1n) is 7.11. The molecule has 0 spiro atoms. The molecule has 1 aromatic rings. The molecular formula is C16H17BrN2O6. The van der Waals surface area contributed by atoms with Gasteiger partial charge in [-0.1, -0.05) is 15.9 Å². The maximum Gasteiger partial charge on any atom is 0.339 e. The molecule has 0 saturated carbocycles. The van der Waals surface area contributed by atoms with Crippen LogP contribution in [-0.2, 0) is 19.1 Å². The molecule has 1 aliphatic rings. The number of nitrogens with one attached hydrogen (secondary N) is 1. The van der Waals surface area contributed by atoms with Gasteiger partial charge in [0.05, 0.1) is 21.3 Å². The van der Waals surface area contributed by atoms with Crippen molar-refractivity contribution >= 4 is 34.1 Å². The van der Waals surface area contributed by atoms with Gasteiger partial charge < -0.3 is 30.1 Å². The summed E-state index contributed by atoms with van der Waals surface area (Å²) in [6.07, 6.45) is 0.898. The summed E-state index contributed by atoms with van der Waals surface area (Å²) in [7, 11) is 3.84. The summed E-state index contributed by atoms with van der Waals surface area (Å²) < 4.78 is 21.0. The van der Waals surface area contributed by atoms with Crippen molar-refractivity contribution in [2.75, 3.05) is 21.3 Å². The van der Waals surface area contributed by atoms with Crippen molar-refractivity contribution in [2.24, 2.45) is 11.7 Å². The van der Waals surface area contributed by atoms with Gasteiger partial charge in [0.15, 0.2) is 11.5 Å². The summed E-state index contributed by atoms with van der Waals surface area (Å²) >= 11 is 3.35. The largest absolute Gasteiger partial charge is 0.493 e. The molecule has 3 N–H and O–H groups in total. The van der Waals surface area contributed by atoms with Crippen LogP contribution in [0.15, 0.2) is 28.1 Å². The highest BCUT2D eigenvalue weighted by molar-refractivity contribution is 9.10. The van der Waals surface area contributed by atoms with Crippen LogP contribution in [0.5, 0.6) is 11.5 Å². The highest BCUT2D eigenvalue weighted by Crippen LogP contribution is 2.48. The van der Waals surface area contributed by atoms with Crippen LogP contribution in [0.3, 0.4) is 0 Å². The van der Waals surface area contributed by atoms with E-state index < -0.39 is 23.8 Å². The predicted molar refractivity (Wildman–Crippen MR) is 91.6 cm³/mol. The second-order valence-corrected chi connectivity index (χ2v) is 6.01. The minimum Gasteiger partial charge on any atom is -0.493 e. The van der Waals surface area contributed by atoms with Crippen molar-refractivity contribution in [1.29, 1.82) is 5.41 Å². The molecule has 0 radical (unpaired) electrons. The number of hydrogen-bond donors (Lipinski definition) is 2. The second-order valence-electron chi connectivity index (χ2n) is 5.09. The number of ether oxygens (including phenoxy) is 4. The van der Waals surface area contributed by atoms with Crippen molar-refractivity contribution in [3.8, 4) is 11.5 Å². The predicted octanol–water partition coefficient (Wildman–Crippen LogP) is 1.72. The van der Waals surface area contributed by atoms with Gasteiger partial charge in [-0.25, -0.2) is 4.79 Å². The average Bonchev–Trinajstić information content (AvgIpc) is 2.61. The Labute approximate surface area is 152 Å². The van der Waals surface area contributed by atoms with E-state index in [4.69, 9.17) is 30.1 Å². The topological polar surface area (TPSA) is 121 Å². The Balaban J connectivity index is 2.77. The molecule has 1 aromatic carbocycles. The van der Waals surface area contributed by atoms with E-state index in [1.807, 2.05) is 0 Å². The normalized spacial score (nSPS) is 17.0. The molecule has 0 amide bonds. The molecule has 25 heavy (non-hydrogen) atoms. The highest BCUT2D eigenvalue weighted by Gasteiger charge is 2.43. The lowest BCUT2D eigenvalue weighted by Crippen LogP contribution is -2.34. The zero-order valence-corrected chi connectivity index (χ0v) is 15.4. The Bertz CT molecular complexity index is 761. The van der Waals surface area contributed by atoms with Crippen LogP contribution in [0.4, 0.5) is 0 Å². The van der Waals surface area contributed by atoms with E-state index >= 15 is 0 Å². The number of esters is 2. The van der Waals surface area contributed by atoms with Crippen LogP contribution >= 0.6 is 15.9 Å². The quantitative estimate of drug-likeness (QED) is 0.557. The highest BCUT2D eigenvalue weighted by atomic mass is 79.9. The van der Waals surface area contributed by atoms with Crippen molar-refractivity contribution in [3.63, 3.8) is 0 Å². The van der Waals surface area contributed by atoms with Crippen LogP contribution in [0, 0.1) is 11.3 Å². The Hall–Kier alpha value is -2.55. The van der Waals surface area contributed by atoms with Crippen LogP contribution in [0.25, 0.3) is 0 Å². The van der Waals surface area contributed by atoms with Gasteiger partial charge in [0.1, 0.15) is 11.5 Å². The molecule has 1 heterocycles. The zero-order chi connectivity index (χ0) is 18.7. The number of nitrogens with two attached hydrogens (primary N) is 1. The summed E-state index contributed by atoms with van der Waals surface area (Å²) in [6.45, 7) is 0. The lowest BCUT2D eigenvalue weighted by molar-refractivity contribution is -0.143. The maximum absolute atomic E-state index is 12.3. The van der Waals surface area contributed by atoms with Gasteiger partial charge in [0, 0.05) is 22.2 Å². The van der Waals surface area contributed by atoms with E-state index in [-0.39, 0.29) is 17.2 Å². The molecule has 0 aliphatic carbocycles. The third-order valence-corrected chi connectivity index (χ3v) is 4.27. The molecule has 1 aliphatic heterocycles. The van der Waals surface area contributed by atoms with Crippen LogP contribution in [-0.4, -0.2) is 39.5 Å². The van der Waals surface area contributed by atoms with Crippen molar-refractivity contribution < 1.29 is 28.5 Å². The first kappa shape index (κ1) is 18.8. The van der Waals surface area contributed by atoms with E-state index in [1.165, 1.54) is 21.3 Å². The van der Waals surface area contributed by atoms with Crippen molar-refractivity contribution in [1.82, 2.24) is 0 Å². The number of hydrogen-bond acceptors (Lipinski definition) is 8. The number of fused-ring (bicyclic) bond motifs is 1. The Morgan fingerprint density at radius 3 is 2.52 bits per heavy atom. The summed E-state index contributed by atoms with van der Waals surface area (Å²) in [6, 6.07) is 3.32. The lowest BCUT2D eigenvalue weighted by Gasteiger charge is -2.31. The number of benzene rings is 1. The zero-order valence-electron chi connectivity index (χ0n) is 13.8. The van der Waals surface area contributed by atoms with Crippen LogP contribution < -0.4 is 15.2 Å². The molecule has 0 bridgehead atoms. The van der Waals surface area contributed by atoms with E-state index in [1.54, 1.807) is 12.1 Å². The van der Waals surface area contributed by atoms with E-state index in [0.29, 0.717) is 15.8 Å². The minimum absolute atomic E-state index is 0.0611. The van der Waals surface area contributed by atoms with E-state index in [0.717, 1.165) is 6.21 Å². The average molecular weight is 413 g/mol. The minimum atomic E-state index is -1.10. The molecule has 0 saturated heterocycles. The number of methoxy groups -OCH3 is 3. The molecule has 2 rings (SSSR count).